The van der Waals surface area contributed by atoms with Gasteiger partial charge in [-0.1, -0.05) is 48.5 Å². The average Bonchev–Trinajstić information content (AvgIpc) is 3.29. The number of carbonyl (C=O) groups is 3. The summed E-state index contributed by atoms with van der Waals surface area (Å²) in [6.45, 7) is -0.347. The van der Waals surface area contributed by atoms with E-state index >= 15 is 0 Å². The van der Waals surface area contributed by atoms with Gasteiger partial charge in [-0.15, -0.1) is 0 Å². The average molecular weight is 485 g/mol. The summed E-state index contributed by atoms with van der Waals surface area (Å²) in [5.74, 6) is 1.04. The van der Waals surface area contributed by atoms with Crippen LogP contribution in [0.3, 0.4) is 0 Å². The molecule has 6 nitrogen and oxygen atoms in total. The molecule has 0 aliphatic heterocycles. The molecule has 1 amide bonds. The lowest BCUT2D eigenvalue weighted by molar-refractivity contribution is -0.153. The Morgan fingerprint density at radius 3 is 2.25 bits per heavy atom. The Balaban J connectivity index is 1.21. The van der Waals surface area contributed by atoms with Crippen molar-refractivity contribution in [3.8, 4) is 0 Å². The van der Waals surface area contributed by atoms with Crippen molar-refractivity contribution in [3.63, 3.8) is 0 Å². The predicted molar refractivity (Wildman–Crippen MR) is 136 cm³/mol. The number of hydrogen-bond acceptors (Lipinski definition) is 4. The van der Waals surface area contributed by atoms with Crippen LogP contribution in [0.5, 0.6) is 0 Å². The first-order valence-electron chi connectivity index (χ1n) is 13.1. The van der Waals surface area contributed by atoms with Crippen molar-refractivity contribution in [2.24, 2.45) is 23.2 Å². The highest BCUT2D eigenvalue weighted by molar-refractivity contribution is 5.98. The number of ether oxygens (including phenoxy) is 1. The zero-order valence-electron chi connectivity index (χ0n) is 20.4. The first-order valence-corrected chi connectivity index (χ1v) is 13.1. The van der Waals surface area contributed by atoms with Gasteiger partial charge < -0.3 is 15.0 Å². The molecule has 6 heteroatoms. The molecule has 36 heavy (non-hydrogen) atoms. The summed E-state index contributed by atoms with van der Waals surface area (Å²) >= 11 is 0. The van der Waals surface area contributed by atoms with Crippen molar-refractivity contribution in [2.45, 2.75) is 51.0 Å². The second-order valence-electron chi connectivity index (χ2n) is 11.2. The van der Waals surface area contributed by atoms with Crippen LogP contribution < -0.4 is 5.32 Å². The summed E-state index contributed by atoms with van der Waals surface area (Å²) in [7, 11) is 0. The van der Waals surface area contributed by atoms with Crippen LogP contribution in [-0.2, 0) is 20.7 Å². The van der Waals surface area contributed by atoms with Crippen molar-refractivity contribution in [1.29, 1.82) is 0 Å². The summed E-state index contributed by atoms with van der Waals surface area (Å²) in [5.41, 5.74) is 2.04. The van der Waals surface area contributed by atoms with Gasteiger partial charge in [-0.25, -0.2) is 4.79 Å². The Bertz CT molecular complexity index is 1260. The number of Topliss-reactive ketones (excluding diaryl/α,β-unsaturated/α-hetero) is 1. The number of benzene rings is 2. The molecule has 0 radical (unpaired) electrons. The van der Waals surface area contributed by atoms with Crippen molar-refractivity contribution in [2.75, 3.05) is 6.61 Å². The number of amides is 1. The first kappa shape index (κ1) is 23.0. The molecule has 0 unspecified atom stereocenters. The molecule has 0 saturated heterocycles. The zero-order valence-corrected chi connectivity index (χ0v) is 20.4. The Morgan fingerprint density at radius 2 is 1.56 bits per heavy atom. The molecule has 4 aliphatic carbocycles. The third kappa shape index (κ3) is 4.34. The topological polar surface area (TPSA) is 88.3 Å². The third-order valence-electron chi connectivity index (χ3n) is 8.65. The smallest absolute Gasteiger partial charge is 0.329 e. The van der Waals surface area contributed by atoms with Gasteiger partial charge in [0.2, 0.25) is 5.91 Å². The quantitative estimate of drug-likeness (QED) is 0.354. The fourth-order valence-corrected chi connectivity index (χ4v) is 7.36. The van der Waals surface area contributed by atoms with Gasteiger partial charge in [-0.3, -0.25) is 9.59 Å². The first-order chi connectivity index (χ1) is 17.5. The van der Waals surface area contributed by atoms with Crippen molar-refractivity contribution < 1.29 is 19.1 Å². The summed E-state index contributed by atoms with van der Waals surface area (Å²) < 4.78 is 5.49. The third-order valence-corrected chi connectivity index (χ3v) is 8.65. The highest BCUT2D eigenvalue weighted by atomic mass is 16.5. The van der Waals surface area contributed by atoms with E-state index in [1.165, 1.54) is 19.3 Å². The lowest BCUT2D eigenvalue weighted by Gasteiger charge is -2.55. The van der Waals surface area contributed by atoms with Gasteiger partial charge in [0.15, 0.2) is 12.4 Å². The normalized spacial score (nSPS) is 27.1. The largest absolute Gasteiger partial charge is 0.456 e. The Morgan fingerprint density at radius 1 is 0.917 bits per heavy atom. The van der Waals surface area contributed by atoms with E-state index in [1.807, 2.05) is 36.5 Å². The fraction of sp³-hybridized carbons (Fsp3) is 0.433. The maximum Gasteiger partial charge on any atom is 0.329 e. The van der Waals surface area contributed by atoms with Crippen LogP contribution in [0.2, 0.25) is 0 Å². The van der Waals surface area contributed by atoms with Crippen molar-refractivity contribution >= 4 is 28.6 Å². The van der Waals surface area contributed by atoms with Crippen LogP contribution >= 0.6 is 0 Å². The minimum absolute atomic E-state index is 0.0159. The molecule has 186 valence electrons. The second kappa shape index (κ2) is 9.23. The zero-order chi connectivity index (χ0) is 24.7. The molecule has 4 fully saturated rings. The SMILES string of the molecule is O=C(COC(=O)[C@H](Cc1c[nH]c2ccccc12)NC(=O)C12CC3CC(CC(C3)C1)C2)c1ccccc1. The molecule has 1 heterocycles. The van der Waals surface area contributed by atoms with Crippen LogP contribution in [-0.4, -0.2) is 35.3 Å². The van der Waals surface area contributed by atoms with Gasteiger partial charge in [0.25, 0.3) is 0 Å². The molecule has 0 spiro atoms. The summed E-state index contributed by atoms with van der Waals surface area (Å²) in [6, 6.07) is 15.8. The number of esters is 1. The lowest BCUT2D eigenvalue weighted by atomic mass is 9.49. The molecule has 3 aromatic rings. The predicted octanol–water partition coefficient (Wildman–Crippen LogP) is 4.84. The summed E-state index contributed by atoms with van der Waals surface area (Å²) in [6.07, 6.45) is 8.70. The molecule has 4 saturated carbocycles. The van der Waals surface area contributed by atoms with Gasteiger partial charge in [-0.2, -0.15) is 0 Å². The molecule has 1 atom stereocenters. The maximum atomic E-state index is 13.8. The van der Waals surface area contributed by atoms with Crippen LogP contribution in [0, 0.1) is 23.2 Å². The van der Waals surface area contributed by atoms with Crippen molar-refractivity contribution in [3.05, 3.63) is 71.9 Å². The molecular formula is C30H32N2O4. The maximum absolute atomic E-state index is 13.8. The van der Waals surface area contributed by atoms with E-state index in [0.717, 1.165) is 35.7 Å². The van der Waals surface area contributed by atoms with E-state index in [0.29, 0.717) is 29.7 Å². The van der Waals surface area contributed by atoms with E-state index in [-0.39, 0.29) is 23.7 Å². The number of carbonyl (C=O) groups excluding carboxylic acids is 3. The molecule has 7 rings (SSSR count). The number of aromatic nitrogens is 1. The summed E-state index contributed by atoms with van der Waals surface area (Å²) in [5, 5.41) is 4.12. The van der Waals surface area contributed by atoms with Crippen LogP contribution in [0.15, 0.2) is 60.8 Å². The molecule has 1 aromatic heterocycles. The van der Waals surface area contributed by atoms with E-state index in [1.54, 1.807) is 24.3 Å². The number of ketones is 1. The number of fused-ring (bicyclic) bond motifs is 1. The standard InChI is InChI=1S/C30H32N2O4/c33-27(22-6-2-1-3-7-22)18-36-28(34)26(13-23-17-31-25-9-5-4-8-24(23)25)32-29(35)30-14-19-10-20(15-30)12-21(11-19)16-30/h1-9,17,19-21,26,31H,10-16,18H2,(H,32,35)/t19?,20?,21?,26-,30?/m0/s1. The van der Waals surface area contributed by atoms with Gasteiger partial charge in [0, 0.05) is 34.5 Å². The van der Waals surface area contributed by atoms with Gasteiger partial charge >= 0.3 is 5.97 Å². The van der Waals surface area contributed by atoms with Crippen LogP contribution in [0.4, 0.5) is 0 Å². The second-order valence-corrected chi connectivity index (χ2v) is 11.2. The monoisotopic (exact) mass is 484 g/mol. The van der Waals surface area contributed by atoms with Crippen molar-refractivity contribution in [1.82, 2.24) is 10.3 Å². The van der Waals surface area contributed by atoms with E-state index in [4.69, 9.17) is 4.74 Å². The summed E-state index contributed by atoms with van der Waals surface area (Å²) in [4.78, 5) is 42.9. The van der Waals surface area contributed by atoms with Gasteiger partial charge in [0.1, 0.15) is 6.04 Å². The minimum atomic E-state index is -0.853. The van der Waals surface area contributed by atoms with E-state index in [9.17, 15) is 14.4 Å². The van der Waals surface area contributed by atoms with Crippen LogP contribution in [0.25, 0.3) is 10.9 Å². The lowest BCUT2D eigenvalue weighted by Crippen LogP contribution is -2.56. The number of hydrogen-bond donors (Lipinski definition) is 2. The number of rotatable bonds is 8. The number of H-pyrrole nitrogens is 1. The number of aromatic amines is 1. The van der Waals surface area contributed by atoms with Gasteiger partial charge in [-0.05, 0) is 67.9 Å². The highest BCUT2D eigenvalue weighted by Crippen LogP contribution is 2.60. The molecule has 4 aliphatic rings. The Kier molecular flexibility index (Phi) is 5.90. The van der Waals surface area contributed by atoms with Crippen LogP contribution in [0.1, 0.15) is 54.4 Å². The number of para-hydroxylation sites is 1. The Hall–Kier alpha value is -3.41. The minimum Gasteiger partial charge on any atom is -0.456 e. The molecule has 2 N–H and O–H groups in total. The van der Waals surface area contributed by atoms with E-state index in [2.05, 4.69) is 10.3 Å². The molecule has 2 aromatic carbocycles. The van der Waals surface area contributed by atoms with Gasteiger partial charge in [0.05, 0.1) is 0 Å². The molecule has 4 bridgehead atoms. The fourth-order valence-electron chi connectivity index (χ4n) is 7.36. The Labute approximate surface area is 210 Å². The highest BCUT2D eigenvalue weighted by Gasteiger charge is 2.55. The van der Waals surface area contributed by atoms with E-state index < -0.39 is 12.0 Å². The molecular weight excluding hydrogens is 452 g/mol. The number of nitrogens with one attached hydrogen (secondary N) is 2.